The number of rotatable bonds is 3. The van der Waals surface area contributed by atoms with Gasteiger partial charge in [0.05, 0.1) is 10.5 Å². The molecule has 0 bridgehead atoms. The number of anilines is 1. The Balaban J connectivity index is 1.67. The van der Waals surface area contributed by atoms with Crippen molar-refractivity contribution in [1.82, 2.24) is 9.29 Å². The molecule has 1 amide bonds. The summed E-state index contributed by atoms with van der Waals surface area (Å²) in [6.45, 7) is 2.07. The number of aryl methyl sites for hydroxylation is 1. The first-order chi connectivity index (χ1) is 15.1. The highest BCUT2D eigenvalue weighted by molar-refractivity contribution is 7.90. The van der Waals surface area contributed by atoms with Gasteiger partial charge in [-0.3, -0.25) is 4.79 Å². The van der Waals surface area contributed by atoms with Gasteiger partial charge in [0.2, 0.25) is 0 Å². The normalized spacial score (nSPS) is 26.8. The first-order valence-corrected chi connectivity index (χ1v) is 11.8. The lowest BCUT2D eigenvalue weighted by molar-refractivity contribution is 0.101. The maximum absolute atomic E-state index is 13.6. The minimum Gasteiger partial charge on any atom is -0.345 e. The lowest BCUT2D eigenvalue weighted by Crippen LogP contribution is -2.44. The lowest BCUT2D eigenvalue weighted by atomic mass is 9.75. The molecule has 3 N–H and O–H groups in total. The maximum Gasteiger partial charge on any atom is 0.272 e. The quantitative estimate of drug-likeness (QED) is 0.652. The largest absolute Gasteiger partial charge is 0.345 e. The third-order valence-corrected chi connectivity index (χ3v) is 7.77. The predicted octanol–water partition coefficient (Wildman–Crippen LogP) is 4.04. The van der Waals surface area contributed by atoms with E-state index in [1.807, 2.05) is 12.2 Å². The van der Waals surface area contributed by atoms with Crippen LogP contribution in [-0.4, -0.2) is 20.7 Å². The molecular weight excluding hydrogens is 429 g/mol. The van der Waals surface area contributed by atoms with E-state index in [0.29, 0.717) is 29.0 Å². The summed E-state index contributed by atoms with van der Waals surface area (Å²) in [5, 5.41) is 11.7. The van der Waals surface area contributed by atoms with Gasteiger partial charge in [-0.1, -0.05) is 31.2 Å². The summed E-state index contributed by atoms with van der Waals surface area (Å²) in [7, 11) is -1.68. The van der Waals surface area contributed by atoms with Crippen molar-refractivity contribution in [2.24, 2.45) is 12.5 Å². The molecule has 1 aromatic heterocycles. The number of allylic oxidation sites excluding steroid dienone is 3. The number of nitrogens with one attached hydrogen (secondary N) is 3. The number of nitriles is 1. The molecule has 7 nitrogen and oxygen atoms in total. The van der Waals surface area contributed by atoms with Crippen LogP contribution in [-0.2, 0) is 23.4 Å². The number of fused-ring (bicyclic) bond motifs is 1. The van der Waals surface area contributed by atoms with Crippen LogP contribution in [0.15, 0.2) is 53.6 Å². The zero-order valence-electron chi connectivity index (χ0n) is 17.8. The lowest BCUT2D eigenvalue weighted by Gasteiger charge is -2.35. The summed E-state index contributed by atoms with van der Waals surface area (Å²) < 4.78 is 40.2. The molecule has 1 aliphatic heterocycles. The molecule has 3 atom stereocenters. The number of benzene rings is 1. The zero-order valence-corrected chi connectivity index (χ0v) is 18.6. The van der Waals surface area contributed by atoms with E-state index in [-0.39, 0.29) is 22.7 Å². The van der Waals surface area contributed by atoms with E-state index in [1.54, 1.807) is 23.9 Å². The van der Waals surface area contributed by atoms with Gasteiger partial charge in [-0.2, -0.15) is 5.26 Å². The highest BCUT2D eigenvalue weighted by atomic mass is 32.2. The monoisotopic (exact) mass is 453 g/mol. The van der Waals surface area contributed by atoms with Crippen LogP contribution in [0.25, 0.3) is 0 Å². The van der Waals surface area contributed by atoms with Gasteiger partial charge in [0.25, 0.3) is 5.91 Å². The minimum atomic E-state index is -3.34. The van der Waals surface area contributed by atoms with E-state index in [9.17, 15) is 13.4 Å². The van der Waals surface area contributed by atoms with E-state index in [0.717, 1.165) is 12.5 Å². The van der Waals surface area contributed by atoms with Gasteiger partial charge in [0.1, 0.15) is 27.5 Å². The number of carbonyl (C=O) groups is 1. The molecular formula is C23H24FN5O2S. The standard InChI is InChI=1S/C23H24FN5O2S/c1-23(10-4-3-5-11-23)20-9-7-17-19(32(26,31)28-20)14-29(2)21(17)22(30)27-16-6-8-18(24)15(12-16)13-25/h3-6,8,10,12,14,20H,7,9,11H2,1-2H3,(H,27,30)(H2,26,28,31)/t20-,23?,32?/m1/s1. The van der Waals surface area contributed by atoms with Crippen LogP contribution in [0.3, 0.4) is 0 Å². The third-order valence-electron chi connectivity index (χ3n) is 6.19. The fourth-order valence-corrected chi connectivity index (χ4v) is 6.16. The van der Waals surface area contributed by atoms with E-state index in [4.69, 9.17) is 10.0 Å². The van der Waals surface area contributed by atoms with Crippen LogP contribution in [0.4, 0.5) is 10.1 Å². The third kappa shape index (κ3) is 3.87. The zero-order chi connectivity index (χ0) is 23.1. The Bertz CT molecular complexity index is 1300. The van der Waals surface area contributed by atoms with Crippen LogP contribution in [0.1, 0.15) is 41.4 Å². The van der Waals surface area contributed by atoms with Gasteiger partial charge in [-0.05, 0) is 37.5 Å². The van der Waals surface area contributed by atoms with Crippen molar-refractivity contribution in [3.63, 3.8) is 0 Å². The Kier molecular flexibility index (Phi) is 5.53. The fraction of sp³-hybridized carbons (Fsp3) is 0.304. The second-order valence-electron chi connectivity index (χ2n) is 8.45. The smallest absolute Gasteiger partial charge is 0.272 e. The van der Waals surface area contributed by atoms with Gasteiger partial charge in [0.15, 0.2) is 0 Å². The molecule has 9 heteroatoms. The van der Waals surface area contributed by atoms with Gasteiger partial charge in [-0.25, -0.2) is 18.1 Å². The van der Waals surface area contributed by atoms with E-state index < -0.39 is 21.6 Å². The second kappa shape index (κ2) is 8.04. The minimum absolute atomic E-state index is 0.169. The van der Waals surface area contributed by atoms with Crippen molar-refractivity contribution < 1.29 is 13.4 Å². The van der Waals surface area contributed by atoms with Crippen LogP contribution in [0.5, 0.6) is 0 Å². The Morgan fingerprint density at radius 3 is 2.91 bits per heavy atom. The number of halogens is 1. The number of aromatic nitrogens is 1. The number of hydrogen-bond acceptors (Lipinski definition) is 4. The van der Waals surface area contributed by atoms with Gasteiger partial charge >= 0.3 is 0 Å². The van der Waals surface area contributed by atoms with Crippen molar-refractivity contribution in [2.45, 2.75) is 37.1 Å². The van der Waals surface area contributed by atoms with Crippen LogP contribution < -0.4 is 10.0 Å². The van der Waals surface area contributed by atoms with Crippen molar-refractivity contribution in [3.05, 3.63) is 71.3 Å². The Labute approximate surface area is 186 Å². The van der Waals surface area contributed by atoms with Gasteiger partial charge in [0, 0.05) is 36.0 Å². The molecule has 0 saturated heterocycles. The van der Waals surface area contributed by atoms with Crippen LogP contribution in [0.2, 0.25) is 0 Å². The first-order valence-electron chi connectivity index (χ1n) is 10.2. The average molecular weight is 454 g/mol. The number of nitrogens with zero attached hydrogens (tertiary/aromatic N) is 2. The van der Waals surface area contributed by atoms with E-state index in [2.05, 4.69) is 29.1 Å². The van der Waals surface area contributed by atoms with Crippen LogP contribution in [0, 0.1) is 27.3 Å². The first kappa shape index (κ1) is 22.0. The molecule has 0 spiro atoms. The Hall–Kier alpha value is -3.22. The molecule has 2 aromatic rings. The number of hydrogen-bond donors (Lipinski definition) is 3. The van der Waals surface area contributed by atoms with E-state index in [1.165, 1.54) is 12.1 Å². The van der Waals surface area contributed by atoms with Crippen molar-refractivity contribution in [1.29, 1.82) is 10.0 Å². The van der Waals surface area contributed by atoms with Gasteiger partial charge in [-0.15, -0.1) is 0 Å². The number of amides is 1. The molecule has 2 heterocycles. The molecule has 0 saturated carbocycles. The summed E-state index contributed by atoms with van der Waals surface area (Å²) in [5.74, 6) is -1.13. The summed E-state index contributed by atoms with van der Waals surface area (Å²) in [6, 6.07) is 5.32. The molecule has 1 aliphatic carbocycles. The number of carbonyl (C=O) groups excluding carboxylic acids is 1. The molecule has 32 heavy (non-hydrogen) atoms. The summed E-state index contributed by atoms with van der Waals surface area (Å²) in [6.07, 6.45) is 11.5. The molecule has 0 radical (unpaired) electrons. The van der Waals surface area contributed by atoms with E-state index >= 15 is 0 Å². The second-order valence-corrected chi connectivity index (χ2v) is 10.2. The topological polar surface area (TPSA) is 111 Å². The van der Waals surface area contributed by atoms with Crippen molar-refractivity contribution in [2.75, 3.05) is 5.32 Å². The SMILES string of the molecule is Cn1cc2c(c1C(=O)Nc1ccc(F)c(C#N)c1)CC[C@H](C1(C)C=CC=CC1)NS2(=N)=O. The fourth-order valence-electron chi connectivity index (χ4n) is 4.39. The molecule has 1 aromatic carbocycles. The molecule has 4 rings (SSSR count). The van der Waals surface area contributed by atoms with Crippen molar-refractivity contribution >= 4 is 21.5 Å². The average Bonchev–Trinajstić information content (AvgIpc) is 3.03. The molecule has 0 fully saturated rings. The molecule has 2 unspecified atom stereocenters. The molecule has 166 valence electrons. The highest BCUT2D eigenvalue weighted by Gasteiger charge is 2.38. The summed E-state index contributed by atoms with van der Waals surface area (Å²) >= 11 is 0. The highest BCUT2D eigenvalue weighted by Crippen LogP contribution is 2.38. The van der Waals surface area contributed by atoms with Crippen molar-refractivity contribution in [3.8, 4) is 6.07 Å². The summed E-state index contributed by atoms with van der Waals surface area (Å²) in [4.78, 5) is 13.4. The maximum atomic E-state index is 13.6. The Morgan fingerprint density at radius 1 is 1.44 bits per heavy atom. The predicted molar refractivity (Wildman–Crippen MR) is 120 cm³/mol. The van der Waals surface area contributed by atoms with Crippen LogP contribution >= 0.6 is 0 Å². The summed E-state index contributed by atoms with van der Waals surface area (Å²) in [5.41, 5.74) is 0.702. The van der Waals surface area contributed by atoms with Gasteiger partial charge < -0.3 is 9.88 Å². The Morgan fingerprint density at radius 2 is 2.22 bits per heavy atom. The molecule has 2 aliphatic rings.